The third-order valence-corrected chi connectivity index (χ3v) is 7.71. The van der Waals surface area contributed by atoms with Crippen molar-refractivity contribution in [3.05, 3.63) is 0 Å². The summed E-state index contributed by atoms with van der Waals surface area (Å²) in [5.41, 5.74) is 0. The molecule has 0 aliphatic carbocycles. The van der Waals surface area contributed by atoms with Gasteiger partial charge in [-0.25, -0.2) is 0 Å². The van der Waals surface area contributed by atoms with Crippen LogP contribution < -0.4 is 10.2 Å². The van der Waals surface area contributed by atoms with Crippen LogP contribution in [0.1, 0.15) is 55.4 Å². The van der Waals surface area contributed by atoms with Gasteiger partial charge in [0.1, 0.15) is 0 Å². The first-order valence-electron chi connectivity index (χ1n) is 10.3. The van der Waals surface area contributed by atoms with Crippen molar-refractivity contribution in [2.75, 3.05) is 13.1 Å². The number of carbonyl (C=O) groups is 3. The van der Waals surface area contributed by atoms with Crippen LogP contribution in [0.5, 0.6) is 0 Å². The van der Waals surface area contributed by atoms with Crippen molar-refractivity contribution >= 4 is 25.6 Å². The first kappa shape index (κ1) is 23.8. The Kier molecular flexibility index (Phi) is 6.87. The van der Waals surface area contributed by atoms with Gasteiger partial charge in [-0.3, -0.25) is 0 Å². The summed E-state index contributed by atoms with van der Waals surface area (Å²) in [6, 6.07) is -1.51. The molecule has 0 bridgehead atoms. The SMILES string of the molecule is CC(C)CN(CC(C)C)C(=O)OP12(N[C@@H](C(C)C)C(=O)O1)N[C@@H](C(C)C)C(=O)O2. The Labute approximate surface area is 173 Å². The molecular weight excluding hydrogens is 397 g/mol. The van der Waals surface area contributed by atoms with Crippen molar-refractivity contribution in [3.63, 3.8) is 0 Å². The number of amides is 1. The van der Waals surface area contributed by atoms with E-state index in [9.17, 15) is 14.4 Å². The topological polar surface area (TPSA) is 106 Å². The van der Waals surface area contributed by atoms with Crippen LogP contribution in [0, 0.1) is 23.7 Å². The molecule has 2 heterocycles. The Bertz CT molecular complexity index is 620. The molecule has 0 aromatic heterocycles. The van der Waals surface area contributed by atoms with Crippen LogP contribution in [0.4, 0.5) is 4.79 Å². The second-order valence-corrected chi connectivity index (χ2v) is 12.3. The maximum atomic E-state index is 13.2. The number of hydrogen-bond acceptors (Lipinski definition) is 8. The van der Waals surface area contributed by atoms with Crippen molar-refractivity contribution in [2.45, 2.75) is 67.5 Å². The standard InChI is InChI=1S/C19H36N3O6P/c1-11(2)9-22(10-12(3)4)19(25)28-29(20-15(13(5)6)17(23)26-29)21-16(14(7)8)18(24)27-29/h11-16,20-21H,9-10H2,1-8H3/t15-,16-/m0/s1. The summed E-state index contributed by atoms with van der Waals surface area (Å²) in [5, 5.41) is 5.94. The zero-order valence-corrected chi connectivity index (χ0v) is 19.6. The summed E-state index contributed by atoms with van der Waals surface area (Å²) in [7, 11) is -4.72. The van der Waals surface area contributed by atoms with Crippen molar-refractivity contribution in [1.82, 2.24) is 15.1 Å². The molecule has 168 valence electrons. The summed E-state index contributed by atoms with van der Waals surface area (Å²) in [4.78, 5) is 39.9. The summed E-state index contributed by atoms with van der Waals surface area (Å²) < 4.78 is 17.0. The van der Waals surface area contributed by atoms with Crippen LogP contribution in [0.25, 0.3) is 0 Å². The Morgan fingerprint density at radius 3 is 1.55 bits per heavy atom. The van der Waals surface area contributed by atoms with E-state index in [1.54, 1.807) is 4.90 Å². The van der Waals surface area contributed by atoms with Gasteiger partial charge in [-0.05, 0) is 0 Å². The van der Waals surface area contributed by atoms with Gasteiger partial charge in [0.2, 0.25) is 0 Å². The zero-order chi connectivity index (χ0) is 22.2. The van der Waals surface area contributed by atoms with Gasteiger partial charge in [-0.2, -0.15) is 0 Å². The molecule has 9 nitrogen and oxygen atoms in total. The fraction of sp³-hybridized carbons (Fsp3) is 0.842. The molecule has 10 heteroatoms. The molecular formula is C19H36N3O6P. The first-order valence-corrected chi connectivity index (χ1v) is 12.3. The third kappa shape index (κ3) is 5.01. The minimum atomic E-state index is -4.72. The summed E-state index contributed by atoms with van der Waals surface area (Å²) in [6.45, 7) is 16.3. The van der Waals surface area contributed by atoms with Gasteiger partial charge in [0.05, 0.1) is 0 Å². The molecule has 1 amide bonds. The predicted molar refractivity (Wildman–Crippen MR) is 110 cm³/mol. The van der Waals surface area contributed by atoms with Crippen molar-refractivity contribution in [2.24, 2.45) is 23.7 Å². The van der Waals surface area contributed by atoms with E-state index in [2.05, 4.69) is 10.2 Å². The van der Waals surface area contributed by atoms with Gasteiger partial charge in [0.25, 0.3) is 0 Å². The first-order chi connectivity index (χ1) is 13.3. The molecule has 29 heavy (non-hydrogen) atoms. The van der Waals surface area contributed by atoms with E-state index < -0.39 is 37.7 Å². The Morgan fingerprint density at radius 2 is 1.28 bits per heavy atom. The molecule has 0 aromatic rings. The monoisotopic (exact) mass is 433 g/mol. The third-order valence-electron chi connectivity index (χ3n) is 4.75. The number of rotatable bonds is 7. The van der Waals surface area contributed by atoms with Crippen LogP contribution in [0.3, 0.4) is 0 Å². The van der Waals surface area contributed by atoms with E-state index in [4.69, 9.17) is 13.6 Å². The zero-order valence-electron chi connectivity index (χ0n) is 18.7. The molecule has 2 fully saturated rings. The molecule has 0 aromatic carbocycles. The maximum absolute atomic E-state index is 13.2. The van der Waals surface area contributed by atoms with Gasteiger partial charge >= 0.3 is 173 Å². The fourth-order valence-electron chi connectivity index (χ4n) is 3.42. The molecule has 2 atom stereocenters. The molecule has 2 rings (SSSR count). The van der Waals surface area contributed by atoms with Crippen LogP contribution in [0.2, 0.25) is 0 Å². The average Bonchev–Trinajstić information content (AvgIpc) is 3.00. The second-order valence-electron chi connectivity index (χ2n) is 9.46. The molecule has 1 spiro atoms. The number of carbonyl (C=O) groups excluding carboxylic acids is 3. The molecule has 0 saturated carbocycles. The van der Waals surface area contributed by atoms with Gasteiger partial charge in [0.15, 0.2) is 0 Å². The molecule has 2 aliphatic heterocycles. The number of hydrogen-bond donors (Lipinski definition) is 2. The van der Waals surface area contributed by atoms with E-state index in [0.29, 0.717) is 13.1 Å². The Hall–Kier alpha value is -1.44. The van der Waals surface area contributed by atoms with Crippen molar-refractivity contribution in [3.8, 4) is 0 Å². The van der Waals surface area contributed by atoms with Crippen molar-refractivity contribution < 1.29 is 28.0 Å². The summed E-state index contributed by atoms with van der Waals surface area (Å²) in [6.07, 6.45) is -0.681. The van der Waals surface area contributed by atoms with E-state index in [-0.39, 0.29) is 23.7 Å². The number of nitrogens with zero attached hydrogens (tertiary/aromatic N) is 1. The fourth-order valence-corrected chi connectivity index (χ4v) is 6.97. The second kappa shape index (κ2) is 8.36. The molecule has 0 unspecified atom stereocenters. The van der Waals surface area contributed by atoms with Gasteiger partial charge in [-0.1, -0.05) is 0 Å². The Morgan fingerprint density at radius 1 is 0.897 bits per heavy atom. The van der Waals surface area contributed by atoms with Gasteiger partial charge in [-0.15, -0.1) is 0 Å². The van der Waals surface area contributed by atoms with Crippen LogP contribution in [-0.4, -0.2) is 48.1 Å². The summed E-state index contributed by atoms with van der Waals surface area (Å²) in [5.74, 6) is -1.09. The predicted octanol–water partition coefficient (Wildman–Crippen LogP) is 3.21. The van der Waals surface area contributed by atoms with E-state index >= 15 is 0 Å². The minimum absolute atomic E-state index is 0.149. The van der Waals surface area contributed by atoms with E-state index in [1.807, 2.05) is 55.4 Å². The number of nitrogens with one attached hydrogen (secondary N) is 2. The average molecular weight is 433 g/mol. The van der Waals surface area contributed by atoms with Gasteiger partial charge in [0, 0.05) is 0 Å². The van der Waals surface area contributed by atoms with E-state index in [1.165, 1.54) is 0 Å². The normalized spacial score (nSPS) is 26.7. The van der Waals surface area contributed by atoms with Crippen LogP contribution >= 0.6 is 7.59 Å². The summed E-state index contributed by atoms with van der Waals surface area (Å²) >= 11 is 0. The molecule has 0 radical (unpaired) electrons. The molecule has 2 saturated heterocycles. The quantitative estimate of drug-likeness (QED) is 0.590. The Balaban J connectivity index is 2.41. The molecule has 2 aliphatic rings. The van der Waals surface area contributed by atoms with Crippen molar-refractivity contribution in [1.29, 1.82) is 0 Å². The van der Waals surface area contributed by atoms with E-state index in [0.717, 1.165) is 0 Å². The van der Waals surface area contributed by atoms with Gasteiger partial charge < -0.3 is 0 Å². The van der Waals surface area contributed by atoms with Crippen LogP contribution in [0.15, 0.2) is 0 Å². The molecule has 2 N–H and O–H groups in total. The van der Waals surface area contributed by atoms with Crippen LogP contribution in [-0.2, 0) is 23.2 Å².